The number of pyridine rings is 1. The summed E-state index contributed by atoms with van der Waals surface area (Å²) in [5, 5.41) is 17.2. The van der Waals surface area contributed by atoms with E-state index in [0.717, 1.165) is 27.8 Å². The molecule has 0 aliphatic carbocycles. The number of nitriles is 1. The maximum atomic E-state index is 9.25. The molecule has 0 atom stereocenters. The Labute approximate surface area is 142 Å². The summed E-state index contributed by atoms with van der Waals surface area (Å²) in [7, 11) is -1.48. The van der Waals surface area contributed by atoms with Crippen LogP contribution in [-0.2, 0) is 0 Å². The molecule has 0 radical (unpaired) electrons. The molecule has 5 heteroatoms. The first-order valence-electron chi connectivity index (χ1n) is 7.76. The molecule has 0 amide bonds. The standard InChI is InChI=1S/C19H18N4Si/c1-13-15(11-20)6-5-7-16(13)18-10-14(8-9-24(2,3)4)17-12-21-23-19(17)22-18/h5-7,10,12H,1-4H3,(H,21,22,23). The number of fused-ring (bicyclic) bond motifs is 1. The van der Waals surface area contributed by atoms with E-state index < -0.39 is 8.07 Å². The summed E-state index contributed by atoms with van der Waals surface area (Å²) in [6.07, 6.45) is 1.76. The largest absolute Gasteiger partial charge is 0.261 e. The molecule has 1 N–H and O–H groups in total. The molecule has 0 aliphatic rings. The Balaban J connectivity index is 2.24. The van der Waals surface area contributed by atoms with Crippen molar-refractivity contribution in [1.82, 2.24) is 15.2 Å². The smallest absolute Gasteiger partial charge is 0.157 e. The van der Waals surface area contributed by atoms with Crippen LogP contribution in [0.4, 0.5) is 0 Å². The molecule has 1 aromatic carbocycles. The van der Waals surface area contributed by atoms with Crippen LogP contribution in [0.15, 0.2) is 30.5 Å². The monoisotopic (exact) mass is 330 g/mol. The summed E-state index contributed by atoms with van der Waals surface area (Å²) in [4.78, 5) is 4.66. The fourth-order valence-corrected chi connectivity index (χ4v) is 2.97. The van der Waals surface area contributed by atoms with E-state index in [4.69, 9.17) is 0 Å². The molecule has 24 heavy (non-hydrogen) atoms. The lowest BCUT2D eigenvalue weighted by Crippen LogP contribution is -2.16. The van der Waals surface area contributed by atoms with Crippen LogP contribution in [0.25, 0.3) is 22.3 Å². The zero-order valence-electron chi connectivity index (χ0n) is 14.2. The van der Waals surface area contributed by atoms with E-state index in [0.29, 0.717) is 11.2 Å². The van der Waals surface area contributed by atoms with Gasteiger partial charge in [0.2, 0.25) is 0 Å². The van der Waals surface area contributed by atoms with Crippen LogP contribution in [-0.4, -0.2) is 23.3 Å². The van der Waals surface area contributed by atoms with Crippen LogP contribution >= 0.6 is 0 Å². The molecule has 0 unspecified atom stereocenters. The highest BCUT2D eigenvalue weighted by molar-refractivity contribution is 6.83. The highest BCUT2D eigenvalue weighted by Crippen LogP contribution is 2.27. The van der Waals surface area contributed by atoms with Crippen LogP contribution in [0.5, 0.6) is 0 Å². The molecule has 0 aliphatic heterocycles. The lowest BCUT2D eigenvalue weighted by atomic mass is 9.99. The number of H-pyrrole nitrogens is 1. The third-order valence-corrected chi connectivity index (χ3v) is 4.60. The van der Waals surface area contributed by atoms with Gasteiger partial charge < -0.3 is 0 Å². The molecule has 0 saturated heterocycles. The van der Waals surface area contributed by atoms with Gasteiger partial charge in [0.1, 0.15) is 8.07 Å². The molecule has 2 aromatic heterocycles. The Morgan fingerprint density at radius 1 is 1.17 bits per heavy atom. The normalized spacial score (nSPS) is 11.0. The van der Waals surface area contributed by atoms with Gasteiger partial charge in [0.25, 0.3) is 0 Å². The zero-order valence-corrected chi connectivity index (χ0v) is 15.2. The van der Waals surface area contributed by atoms with Gasteiger partial charge in [-0.25, -0.2) is 4.98 Å². The first-order chi connectivity index (χ1) is 11.4. The van der Waals surface area contributed by atoms with Gasteiger partial charge in [-0.3, -0.25) is 5.10 Å². The van der Waals surface area contributed by atoms with Crippen LogP contribution < -0.4 is 0 Å². The van der Waals surface area contributed by atoms with Crippen molar-refractivity contribution in [1.29, 1.82) is 5.26 Å². The van der Waals surface area contributed by atoms with Crippen molar-refractivity contribution in [2.75, 3.05) is 0 Å². The van der Waals surface area contributed by atoms with E-state index in [1.165, 1.54) is 0 Å². The van der Waals surface area contributed by atoms with Gasteiger partial charge >= 0.3 is 0 Å². The minimum absolute atomic E-state index is 0.661. The molecule has 0 saturated carbocycles. The average molecular weight is 330 g/mol. The van der Waals surface area contributed by atoms with Crippen LogP contribution in [0.3, 0.4) is 0 Å². The lowest BCUT2D eigenvalue weighted by Gasteiger charge is -2.08. The number of hydrogen-bond donors (Lipinski definition) is 1. The minimum atomic E-state index is -1.48. The average Bonchev–Trinajstić information content (AvgIpc) is 3.00. The van der Waals surface area contributed by atoms with Crippen molar-refractivity contribution >= 4 is 19.1 Å². The van der Waals surface area contributed by atoms with Crippen molar-refractivity contribution < 1.29 is 0 Å². The first kappa shape index (κ1) is 16.0. The van der Waals surface area contributed by atoms with Crippen molar-refractivity contribution in [3.05, 3.63) is 47.2 Å². The fourth-order valence-electron chi connectivity index (χ4n) is 2.46. The summed E-state index contributed by atoms with van der Waals surface area (Å²) in [5.74, 6) is 3.32. The quantitative estimate of drug-likeness (QED) is 0.541. The predicted octanol–water partition coefficient (Wildman–Crippen LogP) is 4.03. The Morgan fingerprint density at radius 3 is 2.67 bits per heavy atom. The minimum Gasteiger partial charge on any atom is -0.261 e. The van der Waals surface area contributed by atoms with Crippen molar-refractivity contribution in [2.24, 2.45) is 0 Å². The Morgan fingerprint density at radius 2 is 1.96 bits per heavy atom. The zero-order chi connectivity index (χ0) is 17.3. The number of aromatic nitrogens is 3. The second-order valence-corrected chi connectivity index (χ2v) is 11.5. The summed E-state index contributed by atoms with van der Waals surface area (Å²) in [6.45, 7) is 8.60. The maximum Gasteiger partial charge on any atom is 0.157 e. The predicted molar refractivity (Wildman–Crippen MR) is 99.0 cm³/mol. The van der Waals surface area contributed by atoms with E-state index in [9.17, 15) is 5.26 Å². The van der Waals surface area contributed by atoms with Crippen LogP contribution in [0.1, 0.15) is 16.7 Å². The number of benzene rings is 1. The summed E-state index contributed by atoms with van der Waals surface area (Å²) >= 11 is 0. The fraction of sp³-hybridized carbons (Fsp3) is 0.211. The van der Waals surface area contributed by atoms with Gasteiger partial charge in [-0.15, -0.1) is 5.54 Å². The molecule has 3 rings (SSSR count). The van der Waals surface area contributed by atoms with Crippen molar-refractivity contribution in [3.63, 3.8) is 0 Å². The van der Waals surface area contributed by atoms with Crippen molar-refractivity contribution in [3.8, 4) is 28.8 Å². The molecule has 0 fully saturated rings. The third kappa shape index (κ3) is 3.08. The number of aromatic amines is 1. The molecule has 4 nitrogen and oxygen atoms in total. The van der Waals surface area contributed by atoms with Gasteiger partial charge in [0.15, 0.2) is 5.65 Å². The highest BCUT2D eigenvalue weighted by Gasteiger charge is 2.13. The summed E-state index contributed by atoms with van der Waals surface area (Å²) in [6, 6.07) is 9.90. The van der Waals surface area contributed by atoms with E-state index in [2.05, 4.69) is 52.4 Å². The highest BCUT2D eigenvalue weighted by atomic mass is 28.3. The van der Waals surface area contributed by atoms with Crippen LogP contribution in [0.2, 0.25) is 19.6 Å². The van der Waals surface area contributed by atoms with Crippen LogP contribution in [0, 0.1) is 29.7 Å². The van der Waals surface area contributed by atoms with E-state index >= 15 is 0 Å². The van der Waals surface area contributed by atoms with Crippen molar-refractivity contribution in [2.45, 2.75) is 26.6 Å². The number of hydrogen-bond acceptors (Lipinski definition) is 3. The Bertz CT molecular complexity index is 1020. The van der Waals surface area contributed by atoms with Gasteiger partial charge in [-0.2, -0.15) is 10.4 Å². The Hall–Kier alpha value is -2.89. The maximum absolute atomic E-state index is 9.25. The topological polar surface area (TPSA) is 65.4 Å². The van der Waals surface area contributed by atoms with Gasteiger partial charge in [0, 0.05) is 11.1 Å². The molecule has 3 aromatic rings. The number of nitrogens with one attached hydrogen (secondary N) is 1. The molecule has 0 spiro atoms. The molecular formula is C19H18N4Si. The van der Waals surface area contributed by atoms with E-state index in [-0.39, 0.29) is 0 Å². The lowest BCUT2D eigenvalue weighted by molar-refractivity contribution is 1.10. The summed E-state index contributed by atoms with van der Waals surface area (Å²) in [5.41, 5.74) is 8.38. The first-order valence-corrected chi connectivity index (χ1v) is 11.3. The number of rotatable bonds is 1. The molecule has 118 valence electrons. The van der Waals surface area contributed by atoms with Gasteiger partial charge in [0.05, 0.1) is 28.9 Å². The molecule has 2 heterocycles. The molecular weight excluding hydrogens is 312 g/mol. The SMILES string of the molecule is Cc1c(C#N)cccc1-c1cc(C#C[Si](C)(C)C)c2cn[nH]c2n1. The number of nitrogens with zero attached hydrogens (tertiary/aromatic N) is 3. The van der Waals surface area contributed by atoms with E-state index in [1.807, 2.05) is 31.2 Å². The van der Waals surface area contributed by atoms with E-state index in [1.54, 1.807) is 6.20 Å². The van der Waals surface area contributed by atoms with Gasteiger partial charge in [-0.1, -0.05) is 37.7 Å². The third-order valence-electron chi connectivity index (χ3n) is 3.73. The Kier molecular flexibility index (Phi) is 3.97. The second-order valence-electron chi connectivity index (χ2n) is 6.78. The second kappa shape index (κ2) is 5.96. The summed E-state index contributed by atoms with van der Waals surface area (Å²) < 4.78 is 0. The van der Waals surface area contributed by atoms with Gasteiger partial charge in [-0.05, 0) is 24.6 Å². The molecule has 0 bridgehead atoms.